The van der Waals surface area contributed by atoms with Crippen LogP contribution in [0.5, 0.6) is 0 Å². The van der Waals surface area contributed by atoms with Crippen LogP contribution in [-0.4, -0.2) is 0 Å². The molecular formula is Na6O39W12. The van der Waals surface area contributed by atoms with E-state index in [1.807, 2.05) is 0 Å². The Morgan fingerprint density at radius 2 is 0.175 bits per heavy atom. The molecule has 0 rings (SSSR count). The Balaban J connectivity index is -0.0000000180. The van der Waals surface area contributed by atoms with Crippen LogP contribution in [0.15, 0.2) is 0 Å². The van der Waals surface area contributed by atoms with Crippen molar-refractivity contribution in [3.05, 3.63) is 0 Å². The maximum absolute atomic E-state index is 8.65. The Hall–Kier alpha value is 7.42. The third-order valence-electron chi connectivity index (χ3n) is 0. The summed E-state index contributed by atoms with van der Waals surface area (Å²) < 4.78 is 336. The summed E-state index contributed by atoms with van der Waals surface area (Å²) in [6, 6.07) is 0. The van der Waals surface area contributed by atoms with Crippen molar-refractivity contribution in [2.75, 3.05) is 0 Å². The predicted octanol–water partition coefficient (Wildman–Crippen LogP) is -29.1. The molecule has 312 valence electrons. The average Bonchev–Trinajstić information content (AvgIpc) is 2.58. The molecule has 0 aromatic heterocycles. The second-order valence-corrected chi connectivity index (χ2v) is 25.1. The normalized spacial score (nSPS) is 6.84. The van der Waals surface area contributed by atoms with Crippen molar-refractivity contribution < 1.29 is 517 Å². The second kappa shape index (κ2) is 89.9. The van der Waals surface area contributed by atoms with Crippen LogP contribution in [0.2, 0.25) is 0 Å². The Morgan fingerprint density at radius 1 is 0.175 bits per heavy atom. The van der Waals surface area contributed by atoms with Crippen molar-refractivity contribution in [1.29, 1.82) is 0 Å². The third-order valence-corrected chi connectivity index (χ3v) is 0. The first-order chi connectivity index (χ1) is 21.6. The van der Waals surface area contributed by atoms with Crippen molar-refractivity contribution >= 4 is 0 Å². The molecule has 0 aliphatic carbocycles. The molecule has 0 saturated carbocycles. The van der Waals surface area contributed by atoms with E-state index in [0.717, 1.165) is 0 Å². The summed E-state index contributed by atoms with van der Waals surface area (Å²) in [5.41, 5.74) is 0. The molecule has 0 amide bonds. The molecule has 0 atom stereocenters. The minimum atomic E-state index is -6.17. The summed E-state index contributed by atoms with van der Waals surface area (Å²) in [5.74, 6) is 0. The van der Waals surface area contributed by atoms with Gasteiger partial charge in [0.1, 0.15) is 0 Å². The zero-order chi connectivity index (χ0) is 45.7. The predicted molar refractivity (Wildman–Crippen MR) is 22.7 cm³/mol. The van der Waals surface area contributed by atoms with E-state index in [1.165, 1.54) is 0 Å². The van der Waals surface area contributed by atoms with E-state index in [9.17, 15) is 0 Å². The number of hydrogen-bond donors (Lipinski definition) is 0. The molecule has 0 aliphatic heterocycles. The Morgan fingerprint density at radius 3 is 0.175 bits per heavy atom. The quantitative estimate of drug-likeness (QED) is 0.203. The second-order valence-electron chi connectivity index (χ2n) is 3.06. The molecule has 57 heavy (non-hydrogen) atoms. The van der Waals surface area contributed by atoms with Crippen molar-refractivity contribution in [3.63, 3.8) is 0 Å². The fraction of sp³-hybridized carbons (Fsp3) is 0. The van der Waals surface area contributed by atoms with Crippen LogP contribution < -0.4 is 200 Å². The molecule has 0 bridgehead atoms. The molecule has 0 aromatic rings. The van der Waals surface area contributed by atoms with Crippen LogP contribution in [0.25, 0.3) is 0 Å². The molecular weight excluding hydrogens is 2970 g/mol. The molecule has 0 saturated heterocycles. The van der Waals surface area contributed by atoms with Crippen LogP contribution in [0.1, 0.15) is 0 Å². The number of hydrogen-bond acceptors (Lipinski definition) is 39. The molecule has 0 N–H and O–H groups in total. The van der Waals surface area contributed by atoms with Crippen molar-refractivity contribution in [3.8, 4) is 0 Å². The van der Waals surface area contributed by atoms with E-state index in [4.69, 9.17) is 135 Å². The molecule has 0 fully saturated rings. The summed E-state index contributed by atoms with van der Waals surface area (Å²) in [5, 5.41) is 0. The van der Waals surface area contributed by atoms with Crippen LogP contribution in [0, 0.1) is 0 Å². The maximum atomic E-state index is 8.65. The van der Waals surface area contributed by atoms with E-state index >= 15 is 0 Å². The van der Waals surface area contributed by atoms with Gasteiger partial charge in [-0.05, 0) is 0 Å². The molecule has 0 unspecified atom stereocenters. The molecule has 0 radical (unpaired) electrons. The SMILES string of the molecule is [Na+].[Na+].[Na+].[Na+].[Na+].[Na+].[O]=[W](=[O])([O-])[O-].[O]=[W](=[O])([O-])[O-].[O]=[W](=[O])([O-])[O-].[O]=[W](=[O])=[O].[O]=[W](=[O])=[O].[O]=[W](=[O])=[O].[O]=[W](=[O])=[O].[O]=[W](=[O])=[O].[O]=[W](=[O])=[O].[O]=[W](=[O])=[O].[O]=[W](=[O])=[O].[O]=[W](=[O])=[O]. The van der Waals surface area contributed by atoms with Gasteiger partial charge in [-0.15, -0.1) is 0 Å². The fourth-order valence-electron chi connectivity index (χ4n) is 0. The van der Waals surface area contributed by atoms with E-state index < -0.39 is 205 Å². The summed E-state index contributed by atoms with van der Waals surface area (Å²) in [7, 11) is 0. The van der Waals surface area contributed by atoms with Gasteiger partial charge in [0.15, 0.2) is 0 Å². The van der Waals surface area contributed by atoms with E-state index in [1.54, 1.807) is 0 Å². The standard InChI is InChI=1S/6Na.39O.12W/q6*+1;;;;;;;;;;;;;;;;;;;;;;;;;;;;;;;;;;6*-1;;;;;;;;;;;;. The van der Waals surface area contributed by atoms with E-state index in [-0.39, 0.29) is 177 Å². The van der Waals surface area contributed by atoms with Gasteiger partial charge in [0.2, 0.25) is 0 Å². The Labute approximate surface area is 504 Å². The fourth-order valence-corrected chi connectivity index (χ4v) is 0. The van der Waals surface area contributed by atoms with Gasteiger partial charge in [-0.3, -0.25) is 0 Å². The van der Waals surface area contributed by atoms with Crippen LogP contribution in [0.3, 0.4) is 0 Å². The zero-order valence-corrected chi connectivity index (χ0v) is 74.0. The first kappa shape index (κ1) is 120. The van der Waals surface area contributed by atoms with Gasteiger partial charge in [0, 0.05) is 0 Å². The molecule has 0 heterocycles. The number of rotatable bonds is 0. The molecule has 0 aromatic carbocycles. The topological polar surface area (TPSA) is 702 Å². The Kier molecular flexibility index (Phi) is 190. The van der Waals surface area contributed by atoms with Gasteiger partial charge in [0.25, 0.3) is 0 Å². The molecule has 39 nitrogen and oxygen atoms in total. The summed E-state index contributed by atoms with van der Waals surface area (Å²) in [6.07, 6.45) is 0. The summed E-state index contributed by atoms with van der Waals surface area (Å²) >= 11 is -57.0. The van der Waals surface area contributed by atoms with E-state index in [0.29, 0.717) is 0 Å². The van der Waals surface area contributed by atoms with Crippen LogP contribution in [0.4, 0.5) is 0 Å². The van der Waals surface area contributed by atoms with Crippen LogP contribution in [-0.2, 0) is 317 Å². The summed E-state index contributed by atoms with van der Waals surface area (Å²) in [6.45, 7) is 0. The Bertz CT molecular complexity index is 1730. The molecule has 57 heteroatoms. The van der Waals surface area contributed by atoms with Crippen LogP contribution >= 0.6 is 0 Å². The van der Waals surface area contributed by atoms with Crippen molar-refractivity contribution in [1.82, 2.24) is 0 Å². The first-order valence-corrected chi connectivity index (χ1v) is 53.2. The van der Waals surface area contributed by atoms with Gasteiger partial charge < -0.3 is 0 Å². The van der Waals surface area contributed by atoms with Crippen molar-refractivity contribution in [2.24, 2.45) is 0 Å². The first-order valence-electron chi connectivity index (χ1n) is 6.50. The minimum absolute atomic E-state index is 0. The molecule has 0 spiro atoms. The third kappa shape index (κ3) is 4350. The van der Waals surface area contributed by atoms with Gasteiger partial charge in [-0.2, -0.15) is 0 Å². The van der Waals surface area contributed by atoms with E-state index in [2.05, 4.69) is 0 Å². The zero-order valence-electron chi connectivity index (χ0n) is 26.8. The van der Waals surface area contributed by atoms with Gasteiger partial charge in [-0.1, -0.05) is 0 Å². The van der Waals surface area contributed by atoms with Gasteiger partial charge in [-0.25, -0.2) is 0 Å². The van der Waals surface area contributed by atoms with Gasteiger partial charge in [0.05, 0.1) is 0 Å². The van der Waals surface area contributed by atoms with Crippen molar-refractivity contribution in [2.45, 2.75) is 0 Å². The summed E-state index contributed by atoms with van der Waals surface area (Å²) in [4.78, 5) is 0. The average molecular weight is 2970 g/mol. The molecule has 0 aliphatic rings. The van der Waals surface area contributed by atoms with Gasteiger partial charge >= 0.3 is 517 Å². The monoisotopic (exact) mass is 2970 g/mol.